The number of rotatable bonds is 3. The number of pyridine rings is 1. The van der Waals surface area contributed by atoms with E-state index in [1.165, 1.54) is 7.11 Å². The summed E-state index contributed by atoms with van der Waals surface area (Å²) in [6.07, 6.45) is 5.83. The smallest absolute Gasteiger partial charge is 0.221 e. The van der Waals surface area contributed by atoms with Crippen LogP contribution in [0.15, 0.2) is 30.7 Å². The molecule has 0 spiro atoms. The van der Waals surface area contributed by atoms with Crippen LogP contribution in [-0.4, -0.2) is 44.1 Å². The van der Waals surface area contributed by atoms with Crippen molar-refractivity contribution >= 4 is 5.82 Å². The number of halogens is 1. The SMILES string of the molecule is CC.COc1cc(N2CCc3nc(-c4ncccn4)ncc3C2C)nc(F)c1C.O. The minimum absolute atomic E-state index is 0. The summed E-state index contributed by atoms with van der Waals surface area (Å²) in [5.74, 6) is 1.53. The molecular weight excluding hydrogens is 387 g/mol. The fourth-order valence-corrected chi connectivity index (χ4v) is 3.30. The van der Waals surface area contributed by atoms with Gasteiger partial charge in [-0.15, -0.1) is 0 Å². The Kier molecular flexibility index (Phi) is 7.71. The second-order valence-corrected chi connectivity index (χ2v) is 6.39. The van der Waals surface area contributed by atoms with Gasteiger partial charge >= 0.3 is 0 Å². The van der Waals surface area contributed by atoms with Gasteiger partial charge in [-0.3, -0.25) is 0 Å². The number of methoxy groups -OCH3 is 1. The molecule has 1 aliphatic rings. The number of ether oxygens (including phenoxy) is 1. The molecule has 0 bridgehead atoms. The number of anilines is 1. The lowest BCUT2D eigenvalue weighted by molar-refractivity contribution is 0.403. The maximum absolute atomic E-state index is 14.2. The van der Waals surface area contributed by atoms with E-state index in [1.807, 2.05) is 25.7 Å². The van der Waals surface area contributed by atoms with Crippen LogP contribution in [0.3, 0.4) is 0 Å². The molecule has 1 atom stereocenters. The molecule has 0 aromatic carbocycles. The fraction of sp³-hybridized carbons (Fsp3) is 0.381. The molecule has 0 saturated heterocycles. The molecule has 0 fully saturated rings. The lowest BCUT2D eigenvalue weighted by atomic mass is 9.99. The van der Waals surface area contributed by atoms with E-state index in [1.54, 1.807) is 37.6 Å². The molecule has 1 unspecified atom stereocenters. The van der Waals surface area contributed by atoms with Gasteiger partial charge in [-0.05, 0) is 19.9 Å². The summed E-state index contributed by atoms with van der Waals surface area (Å²) in [5.41, 5.74) is 2.35. The van der Waals surface area contributed by atoms with E-state index in [9.17, 15) is 4.39 Å². The highest BCUT2D eigenvalue weighted by molar-refractivity contribution is 5.52. The predicted molar refractivity (Wildman–Crippen MR) is 113 cm³/mol. The Morgan fingerprint density at radius 3 is 2.47 bits per heavy atom. The molecular formula is C21H27FN6O2. The maximum atomic E-state index is 14.2. The number of aromatic nitrogens is 5. The van der Waals surface area contributed by atoms with Crippen molar-refractivity contribution in [3.8, 4) is 17.4 Å². The van der Waals surface area contributed by atoms with Crippen molar-refractivity contribution in [2.75, 3.05) is 18.6 Å². The molecule has 0 aliphatic carbocycles. The van der Waals surface area contributed by atoms with E-state index in [2.05, 4.69) is 24.9 Å². The summed E-state index contributed by atoms with van der Waals surface area (Å²) in [5, 5.41) is 0. The Hall–Kier alpha value is -3.20. The van der Waals surface area contributed by atoms with Gasteiger partial charge in [-0.1, -0.05) is 13.8 Å². The summed E-state index contributed by atoms with van der Waals surface area (Å²) in [6, 6.07) is 3.48. The zero-order chi connectivity index (χ0) is 21.0. The van der Waals surface area contributed by atoms with E-state index in [-0.39, 0.29) is 11.5 Å². The third-order valence-corrected chi connectivity index (χ3v) is 4.84. The average Bonchev–Trinajstić information content (AvgIpc) is 2.77. The molecule has 3 aromatic rings. The first-order chi connectivity index (χ1) is 14.1. The van der Waals surface area contributed by atoms with Crippen molar-refractivity contribution in [1.82, 2.24) is 24.9 Å². The van der Waals surface area contributed by atoms with Crippen LogP contribution in [0, 0.1) is 12.9 Å². The summed E-state index contributed by atoms with van der Waals surface area (Å²) >= 11 is 0. The Morgan fingerprint density at radius 2 is 1.80 bits per heavy atom. The molecule has 0 radical (unpaired) electrons. The van der Waals surface area contributed by atoms with Gasteiger partial charge in [0.2, 0.25) is 5.95 Å². The third kappa shape index (κ3) is 4.35. The molecule has 9 heteroatoms. The van der Waals surface area contributed by atoms with Gasteiger partial charge in [0.05, 0.1) is 18.8 Å². The standard InChI is InChI=1S/C19H19FN6O.C2H6.H2O/c1-11-15(27-3)9-16(25-17(11)20)26-8-5-14-13(12(26)2)10-23-19(24-14)18-21-6-4-7-22-18;1-2;/h4,6-7,9-10,12H,5,8H2,1-3H3;1-2H3;1H2. The molecule has 160 valence electrons. The Morgan fingerprint density at radius 1 is 1.10 bits per heavy atom. The van der Waals surface area contributed by atoms with E-state index in [0.717, 1.165) is 11.3 Å². The van der Waals surface area contributed by atoms with Crippen molar-refractivity contribution < 1.29 is 14.6 Å². The minimum Gasteiger partial charge on any atom is -0.496 e. The van der Waals surface area contributed by atoms with Gasteiger partial charge in [0.25, 0.3) is 0 Å². The van der Waals surface area contributed by atoms with Gasteiger partial charge in [0.1, 0.15) is 11.6 Å². The Bertz CT molecular complexity index is 987. The number of nitrogens with zero attached hydrogens (tertiary/aromatic N) is 6. The van der Waals surface area contributed by atoms with E-state index >= 15 is 0 Å². The van der Waals surface area contributed by atoms with Crippen LogP contribution in [0.5, 0.6) is 5.75 Å². The Labute approximate surface area is 175 Å². The summed E-state index contributed by atoms with van der Waals surface area (Å²) in [7, 11) is 1.53. The van der Waals surface area contributed by atoms with E-state index < -0.39 is 5.95 Å². The van der Waals surface area contributed by atoms with Gasteiger partial charge in [-0.2, -0.15) is 4.39 Å². The first-order valence-electron chi connectivity index (χ1n) is 9.69. The predicted octanol–water partition coefficient (Wildman–Crippen LogP) is 3.11. The van der Waals surface area contributed by atoms with Crippen LogP contribution >= 0.6 is 0 Å². The second kappa shape index (κ2) is 10.0. The maximum Gasteiger partial charge on any atom is 0.221 e. The lowest BCUT2D eigenvalue weighted by Gasteiger charge is -2.35. The highest BCUT2D eigenvalue weighted by Gasteiger charge is 2.28. The molecule has 0 amide bonds. The van der Waals surface area contributed by atoms with Crippen molar-refractivity contribution in [1.29, 1.82) is 0 Å². The highest BCUT2D eigenvalue weighted by atomic mass is 19.1. The summed E-state index contributed by atoms with van der Waals surface area (Å²) in [6.45, 7) is 8.35. The fourth-order valence-electron chi connectivity index (χ4n) is 3.30. The molecule has 4 heterocycles. The molecule has 1 aliphatic heterocycles. The topological polar surface area (TPSA) is 108 Å². The lowest BCUT2D eigenvalue weighted by Crippen LogP contribution is -2.35. The number of fused-ring (bicyclic) bond motifs is 1. The van der Waals surface area contributed by atoms with Crippen molar-refractivity contribution in [2.24, 2.45) is 0 Å². The zero-order valence-electron chi connectivity index (χ0n) is 17.8. The molecule has 30 heavy (non-hydrogen) atoms. The second-order valence-electron chi connectivity index (χ2n) is 6.39. The first kappa shape index (κ1) is 23.1. The molecule has 8 nitrogen and oxygen atoms in total. The van der Waals surface area contributed by atoms with E-state index in [4.69, 9.17) is 4.74 Å². The van der Waals surface area contributed by atoms with Gasteiger partial charge < -0.3 is 15.1 Å². The van der Waals surface area contributed by atoms with Crippen molar-refractivity contribution in [3.05, 3.63) is 53.5 Å². The van der Waals surface area contributed by atoms with Crippen LogP contribution in [0.4, 0.5) is 10.2 Å². The van der Waals surface area contributed by atoms with Crippen LogP contribution < -0.4 is 9.64 Å². The van der Waals surface area contributed by atoms with Gasteiger partial charge in [-0.25, -0.2) is 24.9 Å². The molecule has 0 saturated carbocycles. The molecule has 3 aromatic heterocycles. The Balaban J connectivity index is 0.00000104. The molecule has 4 rings (SSSR count). The van der Waals surface area contributed by atoms with Crippen LogP contribution in [0.25, 0.3) is 11.6 Å². The summed E-state index contributed by atoms with van der Waals surface area (Å²) < 4.78 is 19.5. The first-order valence-corrected chi connectivity index (χ1v) is 9.69. The van der Waals surface area contributed by atoms with Crippen LogP contribution in [-0.2, 0) is 6.42 Å². The van der Waals surface area contributed by atoms with Crippen LogP contribution in [0.1, 0.15) is 43.6 Å². The quantitative estimate of drug-likeness (QED) is 0.606. The van der Waals surface area contributed by atoms with E-state index in [0.29, 0.717) is 41.7 Å². The highest BCUT2D eigenvalue weighted by Crippen LogP contribution is 2.34. The normalized spacial score (nSPS) is 14.7. The average molecular weight is 414 g/mol. The van der Waals surface area contributed by atoms with Crippen molar-refractivity contribution in [3.63, 3.8) is 0 Å². The van der Waals surface area contributed by atoms with Gasteiger partial charge in [0.15, 0.2) is 11.6 Å². The zero-order valence-corrected chi connectivity index (χ0v) is 17.8. The largest absolute Gasteiger partial charge is 0.496 e. The van der Waals surface area contributed by atoms with Gasteiger partial charge in [0, 0.05) is 48.7 Å². The molecule has 2 N–H and O–H groups in total. The number of hydrogen-bond donors (Lipinski definition) is 0. The minimum atomic E-state index is -0.518. The van der Waals surface area contributed by atoms with Crippen molar-refractivity contribution in [2.45, 2.75) is 40.2 Å². The number of hydrogen-bond acceptors (Lipinski definition) is 7. The third-order valence-electron chi connectivity index (χ3n) is 4.84. The monoisotopic (exact) mass is 414 g/mol. The summed E-state index contributed by atoms with van der Waals surface area (Å²) in [4.78, 5) is 23.6. The van der Waals surface area contributed by atoms with Crippen LogP contribution in [0.2, 0.25) is 0 Å².